The van der Waals surface area contributed by atoms with Crippen molar-refractivity contribution in [1.82, 2.24) is 0 Å². The van der Waals surface area contributed by atoms with Gasteiger partial charge >= 0.3 is 0 Å². The van der Waals surface area contributed by atoms with Crippen LogP contribution in [0, 0.1) is 0 Å². The number of hydrogen-bond acceptors (Lipinski definition) is 1. The molecular weight excluding hydrogens is 366 g/mol. The molecular formula is C27H23N3. The van der Waals surface area contributed by atoms with Crippen LogP contribution in [0.15, 0.2) is 89.9 Å². The number of guanidine groups is 1. The van der Waals surface area contributed by atoms with Crippen LogP contribution in [-0.2, 0) is 12.8 Å². The van der Waals surface area contributed by atoms with E-state index in [-0.39, 0.29) is 0 Å². The summed E-state index contributed by atoms with van der Waals surface area (Å²) in [5, 5.41) is 5.62. The van der Waals surface area contributed by atoms with Gasteiger partial charge in [0.2, 0.25) is 0 Å². The number of rotatable bonds is 5. The minimum Gasteiger partial charge on any atom is -0.369 e. The van der Waals surface area contributed by atoms with E-state index in [1.807, 2.05) is 12.1 Å². The van der Waals surface area contributed by atoms with Crippen molar-refractivity contribution >= 4 is 40.3 Å². The number of hydrogen-bond donors (Lipinski definition) is 2. The topological polar surface area (TPSA) is 50.4 Å². The maximum Gasteiger partial charge on any atom is 0.198 e. The molecule has 0 spiro atoms. The lowest BCUT2D eigenvalue weighted by molar-refractivity contribution is 0.961. The molecule has 30 heavy (non-hydrogen) atoms. The molecule has 0 fully saturated rings. The molecule has 5 rings (SSSR count). The SMILES string of the molecule is NC(=Nc1ccc2c3c(cccc13)C=C2)Nc1cccc(CCc2ccccc2)c1. The maximum absolute atomic E-state index is 6.26. The van der Waals surface area contributed by atoms with Crippen LogP contribution in [0.25, 0.3) is 22.9 Å². The van der Waals surface area contributed by atoms with Gasteiger partial charge in [-0.25, -0.2) is 4.99 Å². The minimum absolute atomic E-state index is 0.391. The fourth-order valence-electron chi connectivity index (χ4n) is 4.05. The van der Waals surface area contributed by atoms with Crippen molar-refractivity contribution in [1.29, 1.82) is 0 Å². The summed E-state index contributed by atoms with van der Waals surface area (Å²) in [5.74, 6) is 0.391. The maximum atomic E-state index is 6.26. The molecule has 0 unspecified atom stereocenters. The van der Waals surface area contributed by atoms with Crippen molar-refractivity contribution in [2.24, 2.45) is 10.7 Å². The van der Waals surface area contributed by atoms with E-state index in [0.717, 1.165) is 29.6 Å². The van der Waals surface area contributed by atoms with Crippen molar-refractivity contribution in [3.8, 4) is 0 Å². The first kappa shape index (κ1) is 18.2. The lowest BCUT2D eigenvalue weighted by Gasteiger charge is -2.10. The Kier molecular flexibility index (Phi) is 4.78. The Hall–Kier alpha value is -3.85. The molecule has 0 amide bonds. The molecule has 0 saturated heterocycles. The number of benzene rings is 4. The molecule has 4 aromatic rings. The highest BCUT2D eigenvalue weighted by atomic mass is 15.1. The molecule has 3 N–H and O–H groups in total. The zero-order valence-corrected chi connectivity index (χ0v) is 16.7. The van der Waals surface area contributed by atoms with Crippen LogP contribution in [0.4, 0.5) is 11.4 Å². The second kappa shape index (κ2) is 7.88. The smallest absolute Gasteiger partial charge is 0.198 e. The number of nitrogens with one attached hydrogen (secondary N) is 1. The largest absolute Gasteiger partial charge is 0.369 e. The average Bonchev–Trinajstić information content (AvgIpc) is 3.20. The van der Waals surface area contributed by atoms with Gasteiger partial charge in [-0.3, -0.25) is 0 Å². The Balaban J connectivity index is 1.34. The highest BCUT2D eigenvalue weighted by molar-refractivity contribution is 6.09. The molecule has 0 aliphatic heterocycles. The van der Waals surface area contributed by atoms with E-state index in [1.54, 1.807) is 0 Å². The van der Waals surface area contributed by atoms with Gasteiger partial charge in [0.25, 0.3) is 0 Å². The molecule has 0 atom stereocenters. The van der Waals surface area contributed by atoms with Crippen LogP contribution < -0.4 is 11.1 Å². The van der Waals surface area contributed by atoms with Gasteiger partial charge in [0, 0.05) is 11.1 Å². The van der Waals surface area contributed by atoms with E-state index in [1.165, 1.54) is 27.6 Å². The normalized spacial score (nSPS) is 12.5. The quantitative estimate of drug-likeness (QED) is 0.279. The molecule has 1 aliphatic carbocycles. The molecule has 3 heteroatoms. The lowest BCUT2D eigenvalue weighted by Crippen LogP contribution is -2.22. The Morgan fingerprint density at radius 3 is 2.33 bits per heavy atom. The van der Waals surface area contributed by atoms with Crippen LogP contribution in [0.2, 0.25) is 0 Å². The standard InChI is InChI=1S/C27H23N3/c28-27(30-25-17-16-22-15-14-21-9-5-11-24(25)26(21)22)29-23-10-4-8-20(18-23)13-12-19-6-2-1-3-7-19/h1-11,14-18H,12-13H2,(H3,28,29,30). The van der Waals surface area contributed by atoms with E-state index < -0.39 is 0 Å². The summed E-state index contributed by atoms with van der Waals surface area (Å²) in [6.07, 6.45) is 6.29. The van der Waals surface area contributed by atoms with E-state index >= 15 is 0 Å². The third-order valence-electron chi connectivity index (χ3n) is 5.51. The second-order valence-electron chi connectivity index (χ2n) is 7.59. The van der Waals surface area contributed by atoms with Gasteiger partial charge in [0.1, 0.15) is 0 Å². The fourth-order valence-corrected chi connectivity index (χ4v) is 4.05. The van der Waals surface area contributed by atoms with Gasteiger partial charge in [-0.1, -0.05) is 78.9 Å². The molecule has 0 bridgehead atoms. The second-order valence-corrected chi connectivity index (χ2v) is 7.59. The van der Waals surface area contributed by atoms with Crippen LogP contribution in [-0.4, -0.2) is 5.96 Å². The molecule has 4 aromatic carbocycles. The monoisotopic (exact) mass is 389 g/mol. The first-order valence-corrected chi connectivity index (χ1v) is 10.2. The van der Waals surface area contributed by atoms with E-state index in [0.29, 0.717) is 5.96 Å². The van der Waals surface area contributed by atoms with Gasteiger partial charge in [-0.15, -0.1) is 0 Å². The zero-order valence-electron chi connectivity index (χ0n) is 16.7. The van der Waals surface area contributed by atoms with Crippen molar-refractivity contribution in [3.63, 3.8) is 0 Å². The number of anilines is 1. The van der Waals surface area contributed by atoms with E-state index in [2.05, 4.69) is 95.3 Å². The Morgan fingerprint density at radius 1 is 0.733 bits per heavy atom. The summed E-state index contributed by atoms with van der Waals surface area (Å²) in [4.78, 5) is 4.67. The molecule has 3 nitrogen and oxygen atoms in total. The average molecular weight is 390 g/mol. The summed E-state index contributed by atoms with van der Waals surface area (Å²) in [7, 11) is 0. The number of nitrogens with zero attached hydrogens (tertiary/aromatic N) is 1. The van der Waals surface area contributed by atoms with Gasteiger partial charge in [-0.05, 0) is 58.7 Å². The third-order valence-corrected chi connectivity index (χ3v) is 5.51. The summed E-state index contributed by atoms with van der Waals surface area (Å²) >= 11 is 0. The Morgan fingerprint density at radius 2 is 1.47 bits per heavy atom. The zero-order chi connectivity index (χ0) is 20.3. The van der Waals surface area contributed by atoms with Gasteiger partial charge in [0.15, 0.2) is 5.96 Å². The number of nitrogens with two attached hydrogens (primary N) is 1. The first-order chi connectivity index (χ1) is 14.8. The predicted octanol–water partition coefficient (Wildman–Crippen LogP) is 6.17. The molecule has 0 aromatic heterocycles. The molecule has 0 radical (unpaired) electrons. The summed E-state index contributed by atoms with van der Waals surface area (Å²) < 4.78 is 0. The van der Waals surface area contributed by atoms with Crippen LogP contribution in [0.3, 0.4) is 0 Å². The van der Waals surface area contributed by atoms with Crippen molar-refractivity contribution < 1.29 is 0 Å². The van der Waals surface area contributed by atoms with Crippen molar-refractivity contribution in [2.75, 3.05) is 5.32 Å². The van der Waals surface area contributed by atoms with Crippen molar-refractivity contribution in [3.05, 3.63) is 107 Å². The van der Waals surface area contributed by atoms with E-state index in [4.69, 9.17) is 5.73 Å². The molecule has 0 heterocycles. The van der Waals surface area contributed by atoms with Gasteiger partial charge in [0.05, 0.1) is 5.69 Å². The summed E-state index contributed by atoms with van der Waals surface area (Å²) in [5.41, 5.74) is 13.2. The lowest BCUT2D eigenvalue weighted by atomic mass is 10.0. The predicted molar refractivity (Wildman–Crippen MR) is 128 cm³/mol. The first-order valence-electron chi connectivity index (χ1n) is 10.2. The summed E-state index contributed by atoms with van der Waals surface area (Å²) in [6, 6.07) is 29.4. The van der Waals surface area contributed by atoms with Gasteiger partial charge in [-0.2, -0.15) is 0 Å². The van der Waals surface area contributed by atoms with Crippen LogP contribution in [0.5, 0.6) is 0 Å². The Labute approximate surface area is 176 Å². The third kappa shape index (κ3) is 3.70. The summed E-state index contributed by atoms with van der Waals surface area (Å²) in [6.45, 7) is 0. The van der Waals surface area contributed by atoms with Crippen LogP contribution >= 0.6 is 0 Å². The molecule has 146 valence electrons. The highest BCUT2D eigenvalue weighted by Gasteiger charge is 2.11. The molecule has 1 aliphatic rings. The van der Waals surface area contributed by atoms with E-state index in [9.17, 15) is 0 Å². The highest BCUT2D eigenvalue weighted by Crippen LogP contribution is 2.36. The Bertz CT molecular complexity index is 1260. The number of aliphatic imine (C=N–C) groups is 1. The van der Waals surface area contributed by atoms with Crippen molar-refractivity contribution in [2.45, 2.75) is 12.8 Å². The minimum atomic E-state index is 0.391. The molecule has 0 saturated carbocycles. The van der Waals surface area contributed by atoms with Crippen LogP contribution in [0.1, 0.15) is 22.3 Å². The fraction of sp³-hybridized carbons (Fsp3) is 0.0741. The van der Waals surface area contributed by atoms with Gasteiger partial charge < -0.3 is 11.1 Å². The number of aryl methyl sites for hydroxylation is 2.